The van der Waals surface area contributed by atoms with Crippen LogP contribution in [-0.2, 0) is 11.1 Å². The van der Waals surface area contributed by atoms with E-state index in [0.717, 1.165) is 11.1 Å². The van der Waals surface area contributed by atoms with E-state index in [1.165, 1.54) is 14.2 Å². The lowest BCUT2D eigenvalue weighted by atomic mass is 10.4. The van der Waals surface area contributed by atoms with Gasteiger partial charge in [-0.15, -0.1) is 13.2 Å². The number of carbonyl (C=O) groups excluding carboxylic acids is 1. The standard InChI is InChI=1S/C7H8F3N3O2/c1-12(15-2)6(14)5-3-4-13(11-5)7(8,9)10/h3-4H,1-2H3. The maximum absolute atomic E-state index is 12.1. The summed E-state index contributed by atoms with van der Waals surface area (Å²) < 4.78 is 36.0. The number of alkyl halides is 3. The maximum atomic E-state index is 12.1. The van der Waals surface area contributed by atoms with Crippen LogP contribution >= 0.6 is 0 Å². The van der Waals surface area contributed by atoms with E-state index in [2.05, 4.69) is 9.94 Å². The molecule has 0 bridgehead atoms. The fourth-order valence-electron chi connectivity index (χ4n) is 0.823. The highest BCUT2D eigenvalue weighted by Gasteiger charge is 2.32. The Hall–Kier alpha value is -1.57. The molecule has 0 aliphatic carbocycles. The molecule has 0 saturated heterocycles. The van der Waals surface area contributed by atoms with Crippen LogP contribution in [-0.4, -0.2) is 34.9 Å². The Morgan fingerprint density at radius 1 is 1.60 bits per heavy atom. The van der Waals surface area contributed by atoms with Gasteiger partial charge in [-0.1, -0.05) is 0 Å². The van der Waals surface area contributed by atoms with Crippen LogP contribution in [0.5, 0.6) is 0 Å². The van der Waals surface area contributed by atoms with E-state index < -0.39 is 12.2 Å². The summed E-state index contributed by atoms with van der Waals surface area (Å²) in [6, 6.07) is 0.964. The SMILES string of the molecule is CON(C)C(=O)c1ccn(C(F)(F)F)n1. The first kappa shape index (κ1) is 11.5. The summed E-state index contributed by atoms with van der Waals surface area (Å²) >= 11 is 0. The minimum atomic E-state index is -4.62. The largest absolute Gasteiger partial charge is 0.504 e. The average Bonchev–Trinajstić information content (AvgIpc) is 2.63. The minimum absolute atomic E-state index is 0.246. The van der Waals surface area contributed by atoms with Crippen molar-refractivity contribution in [1.29, 1.82) is 0 Å². The molecule has 0 saturated carbocycles. The van der Waals surface area contributed by atoms with Crippen LogP contribution in [0.1, 0.15) is 10.5 Å². The molecule has 8 heteroatoms. The third-order valence-corrected chi connectivity index (χ3v) is 1.63. The lowest BCUT2D eigenvalue weighted by Gasteiger charge is -2.11. The van der Waals surface area contributed by atoms with Crippen molar-refractivity contribution in [2.24, 2.45) is 0 Å². The van der Waals surface area contributed by atoms with Crippen molar-refractivity contribution in [1.82, 2.24) is 14.8 Å². The molecule has 15 heavy (non-hydrogen) atoms. The molecule has 0 aliphatic heterocycles. The molecule has 1 amide bonds. The first-order valence-electron chi connectivity index (χ1n) is 3.81. The van der Waals surface area contributed by atoms with E-state index in [-0.39, 0.29) is 10.4 Å². The van der Waals surface area contributed by atoms with Crippen LogP contribution in [0.25, 0.3) is 0 Å². The second kappa shape index (κ2) is 3.89. The Balaban J connectivity index is 2.90. The Kier molecular flexibility index (Phi) is 2.98. The summed E-state index contributed by atoms with van der Waals surface area (Å²) in [4.78, 5) is 15.8. The van der Waals surface area contributed by atoms with Gasteiger partial charge in [0, 0.05) is 13.2 Å². The van der Waals surface area contributed by atoms with Gasteiger partial charge in [0.25, 0.3) is 5.91 Å². The quantitative estimate of drug-likeness (QED) is 0.702. The van der Waals surface area contributed by atoms with E-state index in [0.29, 0.717) is 6.20 Å². The summed E-state index contributed by atoms with van der Waals surface area (Å²) in [5, 5.41) is 3.85. The molecule has 1 aromatic heterocycles. The molecule has 1 rings (SSSR count). The van der Waals surface area contributed by atoms with Crippen LogP contribution < -0.4 is 0 Å². The number of rotatable bonds is 2. The summed E-state index contributed by atoms with van der Waals surface area (Å²) in [5.41, 5.74) is -0.336. The molecule has 0 unspecified atom stereocenters. The Bertz CT molecular complexity index is 361. The molecular weight excluding hydrogens is 215 g/mol. The van der Waals surface area contributed by atoms with Gasteiger partial charge >= 0.3 is 6.30 Å². The second-order valence-corrected chi connectivity index (χ2v) is 2.60. The summed E-state index contributed by atoms with van der Waals surface area (Å²) in [7, 11) is 2.49. The van der Waals surface area contributed by atoms with E-state index in [9.17, 15) is 18.0 Å². The number of nitrogens with zero attached hydrogens (tertiary/aromatic N) is 3. The Morgan fingerprint density at radius 3 is 2.60 bits per heavy atom. The molecule has 0 atom stereocenters. The van der Waals surface area contributed by atoms with Gasteiger partial charge in [0.05, 0.1) is 7.11 Å². The summed E-state index contributed by atoms with van der Waals surface area (Å²) in [5.74, 6) is -0.750. The molecule has 0 N–H and O–H groups in total. The lowest BCUT2D eigenvalue weighted by molar-refractivity contribution is -0.212. The minimum Gasteiger partial charge on any atom is -0.274 e. The first-order chi connectivity index (χ1) is 6.86. The second-order valence-electron chi connectivity index (χ2n) is 2.60. The van der Waals surface area contributed by atoms with Crippen LogP contribution in [0.15, 0.2) is 12.3 Å². The highest BCUT2D eigenvalue weighted by Crippen LogP contribution is 2.20. The van der Waals surface area contributed by atoms with E-state index in [1.807, 2.05) is 0 Å². The van der Waals surface area contributed by atoms with Gasteiger partial charge in [-0.2, -0.15) is 9.78 Å². The highest BCUT2D eigenvalue weighted by molar-refractivity contribution is 5.91. The number of hydrogen-bond donors (Lipinski definition) is 0. The van der Waals surface area contributed by atoms with E-state index >= 15 is 0 Å². The highest BCUT2D eigenvalue weighted by atomic mass is 19.4. The van der Waals surface area contributed by atoms with Crippen molar-refractivity contribution in [2.45, 2.75) is 6.30 Å². The zero-order valence-electron chi connectivity index (χ0n) is 7.95. The number of hydroxylamine groups is 2. The fraction of sp³-hybridized carbons (Fsp3) is 0.429. The van der Waals surface area contributed by atoms with Gasteiger partial charge in [-0.3, -0.25) is 9.63 Å². The third-order valence-electron chi connectivity index (χ3n) is 1.63. The summed E-state index contributed by atoms with van der Waals surface area (Å²) in [6.45, 7) is 0. The molecule has 1 heterocycles. The summed E-state index contributed by atoms with van der Waals surface area (Å²) in [6.07, 6.45) is -3.96. The van der Waals surface area contributed by atoms with Crippen molar-refractivity contribution in [3.63, 3.8) is 0 Å². The molecular formula is C7H8F3N3O2. The van der Waals surface area contributed by atoms with Crippen molar-refractivity contribution in [3.05, 3.63) is 18.0 Å². The van der Waals surface area contributed by atoms with Gasteiger partial charge in [-0.25, -0.2) is 5.06 Å². The molecule has 0 spiro atoms. The predicted octanol–water partition coefficient (Wildman–Crippen LogP) is 0.993. The number of carbonyl (C=O) groups is 1. The molecule has 84 valence electrons. The predicted molar refractivity (Wildman–Crippen MR) is 42.6 cm³/mol. The van der Waals surface area contributed by atoms with E-state index in [4.69, 9.17) is 0 Å². The molecule has 5 nitrogen and oxygen atoms in total. The first-order valence-corrected chi connectivity index (χ1v) is 3.81. The normalized spacial score (nSPS) is 11.5. The van der Waals surface area contributed by atoms with Crippen molar-refractivity contribution in [3.8, 4) is 0 Å². The zero-order chi connectivity index (χ0) is 11.6. The maximum Gasteiger partial charge on any atom is 0.504 e. The molecule has 0 aromatic carbocycles. The molecule has 0 fully saturated rings. The fourth-order valence-corrected chi connectivity index (χ4v) is 0.823. The van der Waals surface area contributed by atoms with Gasteiger partial charge < -0.3 is 0 Å². The molecule has 0 radical (unpaired) electrons. The van der Waals surface area contributed by atoms with E-state index in [1.54, 1.807) is 0 Å². The van der Waals surface area contributed by atoms with Gasteiger partial charge in [-0.05, 0) is 6.07 Å². The third kappa shape index (κ3) is 2.46. The topological polar surface area (TPSA) is 47.4 Å². The van der Waals surface area contributed by atoms with Crippen molar-refractivity contribution in [2.75, 3.05) is 14.2 Å². The average molecular weight is 223 g/mol. The van der Waals surface area contributed by atoms with Crippen molar-refractivity contribution >= 4 is 5.91 Å². The Morgan fingerprint density at radius 2 is 2.20 bits per heavy atom. The van der Waals surface area contributed by atoms with Gasteiger partial charge in [0.1, 0.15) is 0 Å². The number of aromatic nitrogens is 2. The molecule has 1 aromatic rings. The van der Waals surface area contributed by atoms with Crippen molar-refractivity contribution < 1.29 is 22.8 Å². The Labute approximate surface area is 83.0 Å². The number of hydrogen-bond acceptors (Lipinski definition) is 3. The van der Waals surface area contributed by atoms with Crippen LogP contribution in [0.4, 0.5) is 13.2 Å². The van der Waals surface area contributed by atoms with Gasteiger partial charge in [0.2, 0.25) is 0 Å². The lowest BCUT2D eigenvalue weighted by Crippen LogP contribution is -2.26. The zero-order valence-corrected chi connectivity index (χ0v) is 7.95. The van der Waals surface area contributed by atoms with Crippen LogP contribution in [0.2, 0.25) is 0 Å². The number of amides is 1. The number of halogens is 3. The molecule has 0 aliphatic rings. The van der Waals surface area contributed by atoms with Crippen LogP contribution in [0, 0.1) is 0 Å². The monoisotopic (exact) mass is 223 g/mol. The van der Waals surface area contributed by atoms with Gasteiger partial charge in [0.15, 0.2) is 5.69 Å². The van der Waals surface area contributed by atoms with Crippen LogP contribution in [0.3, 0.4) is 0 Å². The smallest absolute Gasteiger partial charge is 0.274 e.